The molecule has 1 aliphatic heterocycles. The maximum absolute atomic E-state index is 10.4. The molecule has 1 heterocycles. The van der Waals surface area contributed by atoms with E-state index in [1.165, 1.54) is 32.1 Å². The smallest absolute Gasteiger partial charge is 0.119 e. The Hall–Kier alpha value is -1.67. The van der Waals surface area contributed by atoms with E-state index >= 15 is 0 Å². The third-order valence-electron chi connectivity index (χ3n) is 7.65. The van der Waals surface area contributed by atoms with E-state index in [2.05, 4.69) is 0 Å². The quantitative estimate of drug-likeness (QED) is 0.513. The molecule has 1 saturated heterocycles. The molecule has 3 aliphatic rings. The van der Waals surface area contributed by atoms with Gasteiger partial charge in [-0.2, -0.15) is 0 Å². The van der Waals surface area contributed by atoms with Crippen molar-refractivity contribution < 1.29 is 29.9 Å². The molecule has 5 rings (SSSR count). The van der Waals surface area contributed by atoms with Crippen molar-refractivity contribution >= 4 is 11.6 Å². The van der Waals surface area contributed by atoms with Crippen molar-refractivity contribution in [1.82, 2.24) is 0 Å². The van der Waals surface area contributed by atoms with E-state index in [9.17, 15) is 20.4 Å². The van der Waals surface area contributed by atoms with Gasteiger partial charge in [0, 0.05) is 5.02 Å². The number of rotatable bonds is 6. The highest BCUT2D eigenvalue weighted by Crippen LogP contribution is 2.56. The van der Waals surface area contributed by atoms with E-state index in [-0.39, 0.29) is 0 Å². The third-order valence-corrected chi connectivity index (χ3v) is 8.02. The molecule has 0 aromatic heterocycles. The van der Waals surface area contributed by atoms with Gasteiger partial charge in [0.1, 0.15) is 36.3 Å². The Balaban J connectivity index is 1.25. The van der Waals surface area contributed by atoms with Crippen LogP contribution in [0.4, 0.5) is 0 Å². The van der Waals surface area contributed by atoms with Crippen molar-refractivity contribution in [3.05, 3.63) is 64.2 Å². The summed E-state index contributed by atoms with van der Waals surface area (Å²) in [7, 11) is 0. The summed E-state index contributed by atoms with van der Waals surface area (Å²) in [5.74, 6) is 0.888. The Bertz CT molecular complexity index is 965. The summed E-state index contributed by atoms with van der Waals surface area (Å²) < 4.78 is 11.8. The lowest BCUT2D eigenvalue weighted by Gasteiger charge is -2.53. The molecule has 4 N–H and O–H groups in total. The fourth-order valence-electron chi connectivity index (χ4n) is 5.46. The molecule has 0 bridgehead atoms. The number of hydrogen-bond acceptors (Lipinski definition) is 6. The minimum absolute atomic E-state index is 0.334. The van der Waals surface area contributed by atoms with Crippen molar-refractivity contribution in [2.24, 2.45) is 5.41 Å². The second kappa shape index (κ2) is 9.17. The lowest BCUT2D eigenvalue weighted by atomic mass is 9.55. The first-order chi connectivity index (χ1) is 15.9. The minimum Gasteiger partial charge on any atom is -0.490 e. The zero-order chi connectivity index (χ0) is 23.2. The Labute approximate surface area is 198 Å². The molecule has 33 heavy (non-hydrogen) atoms. The number of aliphatic hydroxyl groups is 4. The van der Waals surface area contributed by atoms with Gasteiger partial charge >= 0.3 is 0 Å². The number of halogens is 1. The average Bonchev–Trinajstić information content (AvgIpc) is 2.76. The number of ether oxygens (including phenoxy) is 2. The molecule has 6 nitrogen and oxygen atoms in total. The van der Waals surface area contributed by atoms with Crippen LogP contribution in [0.1, 0.15) is 54.9 Å². The van der Waals surface area contributed by atoms with Gasteiger partial charge in [0.15, 0.2) is 0 Å². The minimum atomic E-state index is -1.41. The second-order valence-corrected chi connectivity index (χ2v) is 10.3. The number of hydrogen-bond donors (Lipinski definition) is 4. The SMILES string of the molecule is OC[C@H]1O[C@H](c2ccc(Cl)c(Cc3ccc(OC4CC5(CCC5)C4)cc3)c2)[C@H](O)[C@@H](O)[C@@H]1O. The molecule has 0 amide bonds. The van der Waals surface area contributed by atoms with Crippen LogP contribution in [0.2, 0.25) is 5.02 Å². The maximum Gasteiger partial charge on any atom is 0.119 e. The molecule has 3 fully saturated rings. The Morgan fingerprint density at radius 3 is 2.33 bits per heavy atom. The molecule has 2 aliphatic carbocycles. The van der Waals surface area contributed by atoms with Crippen molar-refractivity contribution in [1.29, 1.82) is 0 Å². The van der Waals surface area contributed by atoms with Crippen molar-refractivity contribution in [3.8, 4) is 5.75 Å². The molecular weight excluding hydrogens is 444 g/mol. The van der Waals surface area contributed by atoms with E-state index in [4.69, 9.17) is 21.1 Å². The summed E-state index contributed by atoms with van der Waals surface area (Å²) in [6.45, 7) is -0.460. The molecular formula is C26H31ClO6. The lowest BCUT2D eigenvalue weighted by molar-refractivity contribution is -0.231. The van der Waals surface area contributed by atoms with E-state index in [0.29, 0.717) is 28.5 Å². The monoisotopic (exact) mass is 474 g/mol. The van der Waals surface area contributed by atoms with Crippen LogP contribution in [0.25, 0.3) is 0 Å². The maximum atomic E-state index is 10.4. The molecule has 2 aromatic rings. The van der Waals surface area contributed by atoms with Gasteiger partial charge in [0.25, 0.3) is 0 Å². The molecule has 0 unspecified atom stereocenters. The van der Waals surface area contributed by atoms with Crippen LogP contribution in [0.3, 0.4) is 0 Å². The first-order valence-corrected chi connectivity index (χ1v) is 12.1. The average molecular weight is 475 g/mol. The van der Waals surface area contributed by atoms with Gasteiger partial charge in [-0.15, -0.1) is 0 Å². The summed E-state index contributed by atoms with van der Waals surface area (Å²) in [5.41, 5.74) is 3.14. The highest BCUT2D eigenvalue weighted by Gasteiger charge is 2.49. The highest BCUT2D eigenvalue weighted by molar-refractivity contribution is 6.31. The third kappa shape index (κ3) is 4.53. The Morgan fingerprint density at radius 1 is 0.970 bits per heavy atom. The number of aliphatic hydroxyl groups excluding tert-OH is 4. The van der Waals surface area contributed by atoms with Gasteiger partial charge in [-0.1, -0.05) is 42.3 Å². The summed E-state index contributed by atoms with van der Waals surface area (Å²) in [4.78, 5) is 0. The first kappa shape index (κ1) is 23.1. The summed E-state index contributed by atoms with van der Waals surface area (Å²) in [6.07, 6.45) is 1.39. The van der Waals surface area contributed by atoms with Gasteiger partial charge in [-0.25, -0.2) is 0 Å². The topological polar surface area (TPSA) is 99.4 Å². The normalized spacial score (nSPS) is 31.1. The lowest BCUT2D eigenvalue weighted by Crippen LogP contribution is -2.55. The van der Waals surface area contributed by atoms with E-state index in [1.807, 2.05) is 30.3 Å². The van der Waals surface area contributed by atoms with Gasteiger partial charge in [0.2, 0.25) is 0 Å². The zero-order valence-corrected chi connectivity index (χ0v) is 19.2. The Morgan fingerprint density at radius 2 is 1.70 bits per heavy atom. The zero-order valence-electron chi connectivity index (χ0n) is 18.4. The van der Waals surface area contributed by atoms with Gasteiger partial charge in [-0.05, 0) is 72.4 Å². The number of benzene rings is 2. The van der Waals surface area contributed by atoms with Gasteiger partial charge in [0.05, 0.1) is 12.7 Å². The van der Waals surface area contributed by atoms with Crippen LogP contribution in [-0.2, 0) is 11.2 Å². The largest absolute Gasteiger partial charge is 0.490 e. The summed E-state index contributed by atoms with van der Waals surface area (Å²) in [5, 5.41) is 40.6. The highest BCUT2D eigenvalue weighted by atomic mass is 35.5. The summed E-state index contributed by atoms with van der Waals surface area (Å²) >= 11 is 6.44. The Kier molecular flexibility index (Phi) is 6.42. The molecule has 2 saturated carbocycles. The molecule has 0 radical (unpaired) electrons. The van der Waals surface area contributed by atoms with Crippen LogP contribution in [0.5, 0.6) is 5.75 Å². The molecule has 178 valence electrons. The molecule has 7 heteroatoms. The van der Waals surface area contributed by atoms with Crippen molar-refractivity contribution in [3.63, 3.8) is 0 Å². The second-order valence-electron chi connectivity index (χ2n) is 9.92. The van der Waals surface area contributed by atoms with Crippen LogP contribution in [0, 0.1) is 5.41 Å². The van der Waals surface area contributed by atoms with E-state index < -0.39 is 37.1 Å². The predicted octanol–water partition coefficient (Wildman–Crippen LogP) is 3.16. The van der Waals surface area contributed by atoms with Crippen LogP contribution >= 0.6 is 11.6 Å². The molecule has 5 atom stereocenters. The predicted molar refractivity (Wildman–Crippen MR) is 123 cm³/mol. The van der Waals surface area contributed by atoms with Crippen LogP contribution < -0.4 is 4.74 Å². The van der Waals surface area contributed by atoms with Crippen LogP contribution in [0.15, 0.2) is 42.5 Å². The van der Waals surface area contributed by atoms with E-state index in [1.54, 1.807) is 12.1 Å². The fourth-order valence-corrected chi connectivity index (χ4v) is 5.64. The van der Waals surface area contributed by atoms with Crippen molar-refractivity contribution in [2.75, 3.05) is 6.61 Å². The van der Waals surface area contributed by atoms with Gasteiger partial charge < -0.3 is 29.9 Å². The first-order valence-electron chi connectivity index (χ1n) is 11.7. The molecule has 2 aromatic carbocycles. The van der Waals surface area contributed by atoms with E-state index in [0.717, 1.165) is 16.9 Å². The molecule has 1 spiro atoms. The van der Waals surface area contributed by atoms with Crippen molar-refractivity contribution in [2.45, 2.75) is 75.1 Å². The van der Waals surface area contributed by atoms with Crippen LogP contribution in [-0.4, -0.2) is 57.6 Å². The summed E-state index contributed by atoms with van der Waals surface area (Å²) in [6, 6.07) is 13.4. The fraction of sp³-hybridized carbons (Fsp3) is 0.538. The standard InChI is InChI=1S/C26H31ClO6/c27-20-7-4-16(25-24(31)23(30)22(29)21(14-28)33-25)11-17(20)10-15-2-5-18(6-3-15)32-19-12-26(13-19)8-1-9-26/h2-7,11,19,21-25,28-31H,1,8-10,12-14H2/t21-,22-,23+,24-,25-/m1/s1. The van der Waals surface area contributed by atoms with Gasteiger partial charge in [-0.3, -0.25) is 0 Å².